The molecule has 0 aliphatic heterocycles. The third kappa shape index (κ3) is 1.12. The van der Waals surface area contributed by atoms with Crippen LogP contribution in [0.1, 0.15) is 6.42 Å². The van der Waals surface area contributed by atoms with Crippen LogP contribution in [0.15, 0.2) is 23.9 Å². The largest absolute Gasteiger partial charge is 0.391 e. The fourth-order valence-corrected chi connectivity index (χ4v) is 0.699. The van der Waals surface area contributed by atoms with Gasteiger partial charge in [-0.15, -0.1) is 0 Å². The van der Waals surface area contributed by atoms with Crippen LogP contribution in [0.4, 0.5) is 0 Å². The van der Waals surface area contributed by atoms with Gasteiger partial charge in [0.15, 0.2) is 0 Å². The predicted octanol–water partition coefficient (Wildman–Crippen LogP) is 1.25. The molecule has 0 aromatic heterocycles. The summed E-state index contributed by atoms with van der Waals surface area (Å²) in [7, 11) is 1.93. The molecule has 0 heterocycles. The molecule has 43 valence electrons. The maximum absolute atomic E-state index is 3.06. The number of nitrogens with one attached hydrogen (secondary N) is 1. The van der Waals surface area contributed by atoms with Crippen molar-refractivity contribution in [2.75, 3.05) is 7.05 Å². The first-order valence-corrected chi connectivity index (χ1v) is 2.81. The summed E-state index contributed by atoms with van der Waals surface area (Å²) in [5.41, 5.74) is 1.22. The van der Waals surface area contributed by atoms with E-state index in [1.54, 1.807) is 0 Å². The van der Waals surface area contributed by atoms with Crippen LogP contribution >= 0.6 is 0 Å². The van der Waals surface area contributed by atoms with Crippen LogP contribution in [-0.2, 0) is 0 Å². The summed E-state index contributed by atoms with van der Waals surface area (Å²) in [5, 5.41) is 3.06. The number of hydrogen-bond acceptors (Lipinski definition) is 1. The second kappa shape index (κ2) is 2.55. The minimum absolute atomic E-state index is 1.06. The van der Waals surface area contributed by atoms with Crippen LogP contribution in [0, 0.1) is 6.42 Å². The third-order valence-electron chi connectivity index (χ3n) is 1.17. The normalized spacial score (nSPS) is 17.9. The van der Waals surface area contributed by atoms with Gasteiger partial charge in [-0.3, -0.25) is 0 Å². The van der Waals surface area contributed by atoms with Gasteiger partial charge in [0.1, 0.15) is 0 Å². The molecule has 0 bridgehead atoms. The average Bonchev–Trinajstić information content (AvgIpc) is 1.90. The zero-order chi connectivity index (χ0) is 5.82. The van der Waals surface area contributed by atoms with Crippen LogP contribution in [-0.4, -0.2) is 7.05 Å². The zero-order valence-electron chi connectivity index (χ0n) is 5.02. The summed E-state index contributed by atoms with van der Waals surface area (Å²) >= 11 is 0. The summed E-state index contributed by atoms with van der Waals surface area (Å²) in [6.07, 6.45) is 9.46. The molecule has 1 aliphatic rings. The fraction of sp³-hybridized carbons (Fsp3) is 0.286. The van der Waals surface area contributed by atoms with Crippen LogP contribution in [0.25, 0.3) is 0 Å². The van der Waals surface area contributed by atoms with Crippen LogP contribution in [0.3, 0.4) is 0 Å². The van der Waals surface area contributed by atoms with Gasteiger partial charge in [-0.05, 0) is 12.5 Å². The predicted molar refractivity (Wildman–Crippen MR) is 35.2 cm³/mol. The molecule has 0 spiro atoms. The zero-order valence-corrected chi connectivity index (χ0v) is 5.02. The molecular formula is C7H10N. The molecule has 0 saturated carbocycles. The Morgan fingerprint density at radius 2 is 2.50 bits per heavy atom. The summed E-state index contributed by atoms with van der Waals surface area (Å²) < 4.78 is 0. The van der Waals surface area contributed by atoms with E-state index in [1.165, 1.54) is 5.70 Å². The molecule has 0 unspecified atom stereocenters. The number of hydrogen-bond donors (Lipinski definition) is 1. The lowest BCUT2D eigenvalue weighted by atomic mass is 10.1. The molecule has 1 heteroatoms. The van der Waals surface area contributed by atoms with E-state index in [0.717, 1.165) is 6.42 Å². The second-order valence-electron chi connectivity index (χ2n) is 1.74. The highest BCUT2D eigenvalue weighted by molar-refractivity contribution is 5.23. The molecule has 1 N–H and O–H groups in total. The van der Waals surface area contributed by atoms with Crippen molar-refractivity contribution in [2.45, 2.75) is 6.42 Å². The van der Waals surface area contributed by atoms with Gasteiger partial charge in [0.05, 0.1) is 0 Å². The molecule has 0 fully saturated rings. The Labute approximate surface area is 50.1 Å². The first-order chi connectivity index (χ1) is 3.93. The summed E-state index contributed by atoms with van der Waals surface area (Å²) in [6.45, 7) is 0. The second-order valence-corrected chi connectivity index (χ2v) is 1.74. The minimum atomic E-state index is 1.06. The molecule has 0 saturated heterocycles. The molecule has 0 aromatic rings. The molecule has 0 atom stereocenters. The number of rotatable bonds is 1. The molecule has 0 amide bonds. The topological polar surface area (TPSA) is 12.0 Å². The molecule has 1 nitrogen and oxygen atoms in total. The molecule has 1 rings (SSSR count). The van der Waals surface area contributed by atoms with E-state index in [-0.39, 0.29) is 0 Å². The van der Waals surface area contributed by atoms with Crippen molar-refractivity contribution in [2.24, 2.45) is 0 Å². The van der Waals surface area contributed by atoms with E-state index in [9.17, 15) is 0 Å². The van der Waals surface area contributed by atoms with Gasteiger partial charge in [-0.1, -0.05) is 12.2 Å². The van der Waals surface area contributed by atoms with Crippen molar-refractivity contribution in [3.05, 3.63) is 30.3 Å². The van der Waals surface area contributed by atoms with Crippen LogP contribution in [0.5, 0.6) is 0 Å². The van der Waals surface area contributed by atoms with Crippen molar-refractivity contribution in [3.63, 3.8) is 0 Å². The Bertz CT molecular complexity index is 122. The highest BCUT2D eigenvalue weighted by Crippen LogP contribution is 2.05. The first-order valence-electron chi connectivity index (χ1n) is 2.81. The SMILES string of the molecule is CNC1=CC=CC[CH]1. The standard InChI is InChI=1S/C7H10N/c1-8-7-5-3-2-4-6-7/h2-3,5-6,8H,4H2,1H3. The fourth-order valence-electron chi connectivity index (χ4n) is 0.699. The monoisotopic (exact) mass is 108 g/mol. The van der Waals surface area contributed by atoms with Crippen molar-refractivity contribution in [1.82, 2.24) is 5.32 Å². The van der Waals surface area contributed by atoms with Crippen LogP contribution in [0.2, 0.25) is 0 Å². The van der Waals surface area contributed by atoms with Gasteiger partial charge in [0, 0.05) is 19.2 Å². The van der Waals surface area contributed by atoms with Crippen molar-refractivity contribution in [1.29, 1.82) is 0 Å². The lowest BCUT2D eigenvalue weighted by molar-refractivity contribution is 0.964. The van der Waals surface area contributed by atoms with Gasteiger partial charge in [0.2, 0.25) is 0 Å². The van der Waals surface area contributed by atoms with Gasteiger partial charge in [0.25, 0.3) is 0 Å². The Morgan fingerprint density at radius 3 is 2.88 bits per heavy atom. The summed E-state index contributed by atoms with van der Waals surface area (Å²) in [5.74, 6) is 0. The first kappa shape index (κ1) is 5.42. The Kier molecular flexibility index (Phi) is 1.73. The maximum Gasteiger partial charge on any atom is 0.0145 e. The summed E-state index contributed by atoms with van der Waals surface area (Å²) in [6, 6.07) is 0. The highest BCUT2D eigenvalue weighted by atomic mass is 14.8. The van der Waals surface area contributed by atoms with E-state index in [2.05, 4.69) is 30.0 Å². The van der Waals surface area contributed by atoms with E-state index >= 15 is 0 Å². The van der Waals surface area contributed by atoms with E-state index in [4.69, 9.17) is 0 Å². The lowest BCUT2D eigenvalue weighted by Gasteiger charge is -2.05. The molecule has 8 heavy (non-hydrogen) atoms. The highest BCUT2D eigenvalue weighted by Gasteiger charge is 1.93. The third-order valence-corrected chi connectivity index (χ3v) is 1.17. The van der Waals surface area contributed by atoms with Crippen LogP contribution < -0.4 is 5.32 Å². The summed E-state index contributed by atoms with van der Waals surface area (Å²) in [4.78, 5) is 0. The van der Waals surface area contributed by atoms with E-state index in [1.807, 2.05) is 7.05 Å². The maximum atomic E-state index is 3.06. The molecular weight excluding hydrogens is 98.1 g/mol. The van der Waals surface area contributed by atoms with Gasteiger partial charge < -0.3 is 5.32 Å². The minimum Gasteiger partial charge on any atom is -0.391 e. The van der Waals surface area contributed by atoms with E-state index < -0.39 is 0 Å². The number of allylic oxidation sites excluding steroid dienone is 4. The van der Waals surface area contributed by atoms with Crippen molar-refractivity contribution in [3.8, 4) is 0 Å². The van der Waals surface area contributed by atoms with Gasteiger partial charge in [-0.25, -0.2) is 0 Å². The molecule has 1 radical (unpaired) electrons. The lowest BCUT2D eigenvalue weighted by Crippen LogP contribution is -2.06. The van der Waals surface area contributed by atoms with Gasteiger partial charge >= 0.3 is 0 Å². The quantitative estimate of drug-likeness (QED) is 0.533. The smallest absolute Gasteiger partial charge is 0.0145 e. The molecule has 1 aliphatic carbocycles. The van der Waals surface area contributed by atoms with E-state index in [0.29, 0.717) is 0 Å². The van der Waals surface area contributed by atoms with Crippen molar-refractivity contribution >= 4 is 0 Å². The van der Waals surface area contributed by atoms with Gasteiger partial charge in [-0.2, -0.15) is 0 Å². The Balaban J connectivity index is 2.50. The Morgan fingerprint density at radius 1 is 1.62 bits per heavy atom. The Hall–Kier alpha value is -0.720. The van der Waals surface area contributed by atoms with Crippen molar-refractivity contribution < 1.29 is 0 Å². The molecule has 0 aromatic carbocycles. The average molecular weight is 108 g/mol.